The van der Waals surface area contributed by atoms with Crippen molar-refractivity contribution >= 4 is 52.4 Å². The second kappa shape index (κ2) is 7.41. The Labute approximate surface area is 135 Å². The molecule has 21 heavy (non-hydrogen) atoms. The maximum absolute atomic E-state index is 11.7. The molecule has 0 radical (unpaired) electrons. The highest BCUT2D eigenvalue weighted by molar-refractivity contribution is 7.18. The molecule has 2 rings (SSSR count). The first-order valence-electron chi connectivity index (χ1n) is 5.93. The summed E-state index contributed by atoms with van der Waals surface area (Å²) in [6, 6.07) is 10.2. The molecule has 108 valence electrons. The molecule has 0 fully saturated rings. The van der Waals surface area contributed by atoms with Gasteiger partial charge in [0.1, 0.15) is 0 Å². The molecule has 1 aromatic heterocycles. The first kappa shape index (κ1) is 15.8. The van der Waals surface area contributed by atoms with Crippen molar-refractivity contribution in [3.8, 4) is 0 Å². The van der Waals surface area contributed by atoms with Gasteiger partial charge in [0.15, 0.2) is 6.61 Å². The Bertz CT molecular complexity index is 674. The van der Waals surface area contributed by atoms with Gasteiger partial charge in [-0.2, -0.15) is 0 Å². The van der Waals surface area contributed by atoms with Gasteiger partial charge >= 0.3 is 5.97 Å². The monoisotopic (exact) mass is 340 g/mol. The van der Waals surface area contributed by atoms with Crippen LogP contribution < -0.4 is 0 Å². The summed E-state index contributed by atoms with van der Waals surface area (Å²) in [6.45, 7) is -0.305. The number of hydrogen-bond acceptors (Lipinski definition) is 4. The molecule has 0 saturated heterocycles. The smallest absolute Gasteiger partial charge is 0.331 e. The zero-order valence-corrected chi connectivity index (χ0v) is 13.0. The third-order valence-electron chi connectivity index (χ3n) is 2.48. The zero-order chi connectivity index (χ0) is 15.2. The quantitative estimate of drug-likeness (QED) is 0.457. The maximum Gasteiger partial charge on any atom is 0.331 e. The molecule has 0 saturated carbocycles. The van der Waals surface area contributed by atoms with E-state index in [-0.39, 0.29) is 12.4 Å². The number of hydrogen-bond donors (Lipinski definition) is 0. The molecule has 6 heteroatoms. The van der Waals surface area contributed by atoms with Gasteiger partial charge in [-0.25, -0.2) is 4.79 Å². The molecular weight excluding hydrogens is 331 g/mol. The molecule has 0 N–H and O–H groups in total. The summed E-state index contributed by atoms with van der Waals surface area (Å²) < 4.78 is 5.40. The molecule has 0 atom stereocenters. The van der Waals surface area contributed by atoms with Crippen LogP contribution in [0.4, 0.5) is 0 Å². The second-order valence-electron chi connectivity index (χ2n) is 4.02. The number of rotatable bonds is 5. The van der Waals surface area contributed by atoms with Crippen molar-refractivity contribution < 1.29 is 14.3 Å². The molecule has 0 aliphatic heterocycles. The SMILES string of the molecule is O=C(C=Cc1ccc(Cl)cc1)OCC(=O)c1ccc(Cl)s1. The molecule has 0 bridgehead atoms. The number of carbonyl (C=O) groups excluding carboxylic acids is 2. The molecule has 0 unspecified atom stereocenters. The van der Waals surface area contributed by atoms with Crippen LogP contribution in [0.5, 0.6) is 0 Å². The lowest BCUT2D eigenvalue weighted by Gasteiger charge is -1.99. The van der Waals surface area contributed by atoms with E-state index in [2.05, 4.69) is 0 Å². The Morgan fingerprint density at radius 3 is 2.43 bits per heavy atom. The van der Waals surface area contributed by atoms with Crippen molar-refractivity contribution in [3.63, 3.8) is 0 Å². The van der Waals surface area contributed by atoms with E-state index in [1.807, 2.05) is 0 Å². The van der Waals surface area contributed by atoms with Crippen molar-refractivity contribution in [2.24, 2.45) is 0 Å². The van der Waals surface area contributed by atoms with Crippen LogP contribution in [0, 0.1) is 0 Å². The minimum atomic E-state index is -0.582. The molecular formula is C15H10Cl2O3S. The maximum atomic E-state index is 11.7. The number of carbonyl (C=O) groups is 2. The van der Waals surface area contributed by atoms with E-state index in [0.29, 0.717) is 14.2 Å². The summed E-state index contributed by atoms with van der Waals surface area (Å²) >= 11 is 12.6. The highest BCUT2D eigenvalue weighted by atomic mass is 35.5. The van der Waals surface area contributed by atoms with Crippen LogP contribution in [0.15, 0.2) is 42.5 Å². The number of benzene rings is 1. The van der Waals surface area contributed by atoms with Crippen LogP contribution in [-0.4, -0.2) is 18.4 Å². The lowest BCUT2D eigenvalue weighted by Crippen LogP contribution is -2.11. The summed E-state index contributed by atoms with van der Waals surface area (Å²) in [6.07, 6.45) is 2.85. The van der Waals surface area contributed by atoms with Crippen molar-refractivity contribution in [1.82, 2.24) is 0 Å². The van der Waals surface area contributed by atoms with Crippen molar-refractivity contribution in [3.05, 3.63) is 62.3 Å². The van der Waals surface area contributed by atoms with E-state index in [1.54, 1.807) is 42.5 Å². The van der Waals surface area contributed by atoms with E-state index in [0.717, 1.165) is 16.9 Å². The standard InChI is InChI=1S/C15H10Cl2O3S/c16-11-4-1-10(2-5-11)3-8-15(19)20-9-12(18)13-6-7-14(17)21-13/h1-8H,9H2. The van der Waals surface area contributed by atoms with Crippen molar-refractivity contribution in [1.29, 1.82) is 0 Å². The van der Waals surface area contributed by atoms with Crippen molar-refractivity contribution in [2.45, 2.75) is 0 Å². The van der Waals surface area contributed by atoms with E-state index in [4.69, 9.17) is 27.9 Å². The van der Waals surface area contributed by atoms with Gasteiger partial charge in [0.25, 0.3) is 0 Å². The van der Waals surface area contributed by atoms with Crippen LogP contribution in [0.3, 0.4) is 0 Å². The molecule has 0 amide bonds. The Hall–Kier alpha value is -1.62. The summed E-state index contributed by atoms with van der Waals surface area (Å²) in [5, 5.41) is 0.620. The van der Waals surface area contributed by atoms with Gasteiger partial charge in [-0.1, -0.05) is 35.3 Å². The number of halogens is 2. The van der Waals surface area contributed by atoms with Gasteiger partial charge in [0.2, 0.25) is 5.78 Å². The number of ether oxygens (including phenoxy) is 1. The van der Waals surface area contributed by atoms with E-state index in [1.165, 1.54) is 6.08 Å². The van der Waals surface area contributed by atoms with Crippen LogP contribution in [0.2, 0.25) is 9.36 Å². The van der Waals surface area contributed by atoms with Crippen LogP contribution in [0.25, 0.3) is 6.08 Å². The van der Waals surface area contributed by atoms with E-state index >= 15 is 0 Å². The van der Waals surface area contributed by atoms with Crippen molar-refractivity contribution in [2.75, 3.05) is 6.61 Å². The first-order chi connectivity index (χ1) is 10.0. The highest BCUT2D eigenvalue weighted by Crippen LogP contribution is 2.21. The molecule has 3 nitrogen and oxygen atoms in total. The fraction of sp³-hybridized carbons (Fsp3) is 0.0667. The second-order valence-corrected chi connectivity index (χ2v) is 6.17. The lowest BCUT2D eigenvalue weighted by molar-refractivity contribution is -0.136. The molecule has 0 aliphatic carbocycles. The van der Waals surface area contributed by atoms with Gasteiger partial charge in [-0.05, 0) is 35.9 Å². The summed E-state index contributed by atoms with van der Waals surface area (Å²) in [5.41, 5.74) is 0.813. The van der Waals surface area contributed by atoms with Gasteiger partial charge in [-0.15, -0.1) is 11.3 Å². The topological polar surface area (TPSA) is 43.4 Å². The number of esters is 1. The number of Topliss-reactive ketones (excluding diaryl/α,β-unsaturated/α-hetero) is 1. The van der Waals surface area contributed by atoms with Crippen LogP contribution >= 0.6 is 34.5 Å². The third-order valence-corrected chi connectivity index (χ3v) is 4.00. The first-order valence-corrected chi connectivity index (χ1v) is 7.51. The molecule has 0 aliphatic rings. The predicted molar refractivity (Wildman–Crippen MR) is 85.1 cm³/mol. The lowest BCUT2D eigenvalue weighted by atomic mass is 10.2. The number of thiophene rings is 1. The Kier molecular flexibility index (Phi) is 5.56. The Morgan fingerprint density at radius 2 is 1.81 bits per heavy atom. The average Bonchev–Trinajstić information content (AvgIpc) is 2.91. The normalized spacial score (nSPS) is 10.8. The minimum Gasteiger partial charge on any atom is -0.454 e. The fourth-order valence-corrected chi connectivity index (χ4v) is 2.55. The highest BCUT2D eigenvalue weighted by Gasteiger charge is 2.10. The third kappa shape index (κ3) is 5.01. The number of ketones is 1. The predicted octanol–water partition coefficient (Wildman–Crippen LogP) is 4.49. The molecule has 2 aromatic rings. The minimum absolute atomic E-state index is 0.278. The summed E-state index contributed by atoms with van der Waals surface area (Å²) in [5.74, 6) is -0.860. The van der Waals surface area contributed by atoms with E-state index < -0.39 is 5.97 Å². The molecule has 1 heterocycles. The van der Waals surface area contributed by atoms with Gasteiger partial charge in [0.05, 0.1) is 9.21 Å². The zero-order valence-electron chi connectivity index (χ0n) is 10.7. The van der Waals surface area contributed by atoms with Crippen LogP contribution in [0.1, 0.15) is 15.2 Å². The average molecular weight is 341 g/mol. The van der Waals surface area contributed by atoms with Crippen LogP contribution in [-0.2, 0) is 9.53 Å². The molecule has 1 aromatic carbocycles. The summed E-state index contributed by atoms with van der Waals surface area (Å²) in [4.78, 5) is 23.7. The molecule has 0 spiro atoms. The van der Waals surface area contributed by atoms with Gasteiger partial charge in [-0.3, -0.25) is 4.79 Å². The van der Waals surface area contributed by atoms with Gasteiger partial charge < -0.3 is 4.74 Å². The van der Waals surface area contributed by atoms with Gasteiger partial charge in [0, 0.05) is 11.1 Å². The Balaban J connectivity index is 1.84. The summed E-state index contributed by atoms with van der Waals surface area (Å²) in [7, 11) is 0. The largest absolute Gasteiger partial charge is 0.454 e. The fourth-order valence-electron chi connectivity index (χ4n) is 1.46. The van der Waals surface area contributed by atoms with E-state index in [9.17, 15) is 9.59 Å². The Morgan fingerprint density at radius 1 is 1.10 bits per heavy atom.